The van der Waals surface area contributed by atoms with Gasteiger partial charge in [0.15, 0.2) is 0 Å². The van der Waals surface area contributed by atoms with Gasteiger partial charge < -0.3 is 4.90 Å². The fourth-order valence-electron chi connectivity index (χ4n) is 4.04. The summed E-state index contributed by atoms with van der Waals surface area (Å²) in [5.41, 5.74) is 1.19. The lowest BCUT2D eigenvalue weighted by atomic mass is 9.88. The third-order valence-corrected chi connectivity index (χ3v) is 5.62. The topological polar surface area (TPSA) is 23.6 Å². The van der Waals surface area contributed by atoms with Gasteiger partial charge in [-0.05, 0) is 68.8 Å². The number of carbonyl (C=O) groups excluding carboxylic acids is 1. The second-order valence-electron chi connectivity index (χ2n) is 7.35. The maximum absolute atomic E-state index is 13.0. The largest absolute Gasteiger partial charge is 0.342 e. The molecule has 1 amide bonds. The van der Waals surface area contributed by atoms with Crippen LogP contribution in [0.15, 0.2) is 24.3 Å². The Morgan fingerprint density at radius 1 is 1.08 bits per heavy atom. The smallest absolute Gasteiger partial charge is 0.225 e. The first-order valence-electron chi connectivity index (χ1n) is 9.34. The summed E-state index contributed by atoms with van der Waals surface area (Å²) < 4.78 is 13.0. The van der Waals surface area contributed by atoms with Gasteiger partial charge >= 0.3 is 0 Å². The number of rotatable bonds is 4. The molecular formula is C21H27FN2O. The van der Waals surface area contributed by atoms with Gasteiger partial charge in [-0.2, -0.15) is 0 Å². The molecule has 0 aromatic heterocycles. The summed E-state index contributed by atoms with van der Waals surface area (Å²) in [4.78, 5) is 17.1. The van der Waals surface area contributed by atoms with Gasteiger partial charge in [0, 0.05) is 19.0 Å². The Balaban J connectivity index is 1.43. The molecule has 0 N–H and O–H groups in total. The Labute approximate surface area is 150 Å². The molecule has 0 saturated carbocycles. The Kier molecular flexibility index (Phi) is 6.09. The van der Waals surface area contributed by atoms with Gasteiger partial charge in [0.25, 0.3) is 0 Å². The van der Waals surface area contributed by atoms with E-state index >= 15 is 0 Å². The van der Waals surface area contributed by atoms with Crippen LogP contribution >= 0.6 is 0 Å². The van der Waals surface area contributed by atoms with Gasteiger partial charge in [0.1, 0.15) is 5.82 Å². The minimum absolute atomic E-state index is 0.169. The number of piperidine rings is 2. The van der Waals surface area contributed by atoms with Crippen molar-refractivity contribution in [2.75, 3.05) is 32.7 Å². The highest BCUT2D eigenvalue weighted by Gasteiger charge is 2.30. The molecular weight excluding hydrogens is 315 g/mol. The van der Waals surface area contributed by atoms with Crippen molar-refractivity contribution >= 4 is 5.91 Å². The van der Waals surface area contributed by atoms with Crippen molar-refractivity contribution in [2.45, 2.75) is 32.1 Å². The molecule has 1 aromatic carbocycles. The molecule has 0 unspecified atom stereocenters. The molecule has 0 radical (unpaired) electrons. The van der Waals surface area contributed by atoms with E-state index in [0.29, 0.717) is 18.4 Å². The van der Waals surface area contributed by atoms with Crippen molar-refractivity contribution in [3.05, 3.63) is 35.6 Å². The van der Waals surface area contributed by atoms with Crippen molar-refractivity contribution in [3.63, 3.8) is 0 Å². The van der Waals surface area contributed by atoms with E-state index in [-0.39, 0.29) is 11.7 Å². The fraction of sp³-hybridized carbons (Fsp3) is 0.571. The Bertz CT molecular complexity index is 606. The van der Waals surface area contributed by atoms with Gasteiger partial charge in [0.2, 0.25) is 5.91 Å². The van der Waals surface area contributed by atoms with Crippen LogP contribution in [-0.4, -0.2) is 48.4 Å². The molecule has 2 aliphatic heterocycles. The van der Waals surface area contributed by atoms with Crippen LogP contribution in [0.2, 0.25) is 0 Å². The van der Waals surface area contributed by atoms with Crippen LogP contribution in [0.25, 0.3) is 0 Å². The number of carbonyl (C=O) groups is 1. The average Bonchev–Trinajstić information content (AvgIpc) is 2.65. The molecule has 2 fully saturated rings. The molecule has 1 aromatic rings. The molecule has 0 spiro atoms. The van der Waals surface area contributed by atoms with Crippen molar-refractivity contribution in [3.8, 4) is 12.3 Å². The van der Waals surface area contributed by atoms with Gasteiger partial charge in [-0.15, -0.1) is 6.42 Å². The lowest BCUT2D eigenvalue weighted by Crippen LogP contribution is -2.45. The SMILES string of the molecule is C#CCN1CCC(C(=O)N2CCC(Cc3ccc(F)cc3)CC2)CC1. The van der Waals surface area contributed by atoms with Gasteiger partial charge in [-0.25, -0.2) is 4.39 Å². The van der Waals surface area contributed by atoms with Crippen molar-refractivity contribution < 1.29 is 9.18 Å². The van der Waals surface area contributed by atoms with Gasteiger partial charge in [-0.1, -0.05) is 18.1 Å². The second kappa shape index (κ2) is 8.49. The Morgan fingerprint density at radius 3 is 2.32 bits per heavy atom. The summed E-state index contributed by atoms with van der Waals surface area (Å²) >= 11 is 0. The molecule has 3 nitrogen and oxygen atoms in total. The predicted octanol–water partition coefficient (Wildman–Crippen LogP) is 2.95. The van der Waals surface area contributed by atoms with Gasteiger partial charge in [-0.3, -0.25) is 9.69 Å². The van der Waals surface area contributed by atoms with E-state index in [4.69, 9.17) is 6.42 Å². The summed E-state index contributed by atoms with van der Waals surface area (Å²) in [7, 11) is 0. The van der Waals surface area contributed by atoms with E-state index in [1.807, 2.05) is 12.1 Å². The quantitative estimate of drug-likeness (QED) is 0.786. The zero-order valence-electron chi connectivity index (χ0n) is 14.8. The normalized spacial score (nSPS) is 20.4. The number of benzene rings is 1. The van der Waals surface area contributed by atoms with E-state index in [1.54, 1.807) is 0 Å². The van der Waals surface area contributed by atoms with Gasteiger partial charge in [0.05, 0.1) is 6.54 Å². The van der Waals surface area contributed by atoms with Crippen LogP contribution < -0.4 is 0 Å². The first-order chi connectivity index (χ1) is 12.2. The monoisotopic (exact) mass is 342 g/mol. The third kappa shape index (κ3) is 4.83. The highest BCUT2D eigenvalue weighted by Crippen LogP contribution is 2.25. The third-order valence-electron chi connectivity index (χ3n) is 5.62. The lowest BCUT2D eigenvalue weighted by molar-refractivity contribution is -0.138. The van der Waals surface area contributed by atoms with Crippen LogP contribution in [0, 0.1) is 30.0 Å². The summed E-state index contributed by atoms with van der Waals surface area (Å²) in [6.07, 6.45) is 10.3. The highest BCUT2D eigenvalue weighted by atomic mass is 19.1. The number of hydrogen-bond acceptors (Lipinski definition) is 2. The predicted molar refractivity (Wildman–Crippen MR) is 97.4 cm³/mol. The highest BCUT2D eigenvalue weighted by molar-refractivity contribution is 5.79. The summed E-state index contributed by atoms with van der Waals surface area (Å²) in [6, 6.07) is 6.80. The summed E-state index contributed by atoms with van der Waals surface area (Å²) in [5, 5.41) is 0. The van der Waals surface area contributed by atoms with E-state index in [1.165, 1.54) is 17.7 Å². The molecule has 2 heterocycles. The maximum atomic E-state index is 13.0. The Morgan fingerprint density at radius 2 is 1.72 bits per heavy atom. The molecule has 2 aliphatic rings. The van der Waals surface area contributed by atoms with Crippen LogP contribution in [-0.2, 0) is 11.2 Å². The van der Waals surface area contributed by atoms with E-state index in [2.05, 4.69) is 15.7 Å². The fourth-order valence-corrected chi connectivity index (χ4v) is 4.04. The number of terminal acetylenes is 1. The molecule has 0 atom stereocenters. The number of likely N-dealkylation sites (tertiary alicyclic amines) is 2. The molecule has 4 heteroatoms. The summed E-state index contributed by atoms with van der Waals surface area (Å²) in [5.74, 6) is 3.59. The first-order valence-corrected chi connectivity index (χ1v) is 9.34. The minimum atomic E-state index is -0.183. The van der Waals surface area contributed by atoms with Crippen LogP contribution in [0.4, 0.5) is 4.39 Å². The van der Waals surface area contributed by atoms with E-state index < -0.39 is 0 Å². The minimum Gasteiger partial charge on any atom is -0.342 e. The standard InChI is InChI=1S/C21H27FN2O/c1-2-11-23-12-9-19(10-13-23)21(25)24-14-7-18(8-15-24)16-17-3-5-20(22)6-4-17/h1,3-6,18-19H,7-16H2. The van der Waals surface area contributed by atoms with E-state index in [0.717, 1.165) is 58.3 Å². The first kappa shape index (κ1) is 17.9. The van der Waals surface area contributed by atoms with Crippen molar-refractivity contribution in [1.29, 1.82) is 0 Å². The maximum Gasteiger partial charge on any atom is 0.225 e. The zero-order chi connectivity index (χ0) is 17.6. The molecule has 2 saturated heterocycles. The average molecular weight is 342 g/mol. The van der Waals surface area contributed by atoms with Crippen molar-refractivity contribution in [1.82, 2.24) is 9.80 Å². The number of halogens is 1. The van der Waals surface area contributed by atoms with E-state index in [9.17, 15) is 9.18 Å². The number of amides is 1. The van der Waals surface area contributed by atoms with Crippen LogP contribution in [0.1, 0.15) is 31.2 Å². The van der Waals surface area contributed by atoms with Crippen LogP contribution in [0.5, 0.6) is 0 Å². The molecule has 3 rings (SSSR count). The Hall–Kier alpha value is -1.86. The lowest BCUT2D eigenvalue weighted by Gasteiger charge is -2.37. The second-order valence-corrected chi connectivity index (χ2v) is 7.35. The number of hydrogen-bond donors (Lipinski definition) is 0. The molecule has 134 valence electrons. The molecule has 25 heavy (non-hydrogen) atoms. The zero-order valence-corrected chi connectivity index (χ0v) is 14.8. The summed E-state index contributed by atoms with van der Waals surface area (Å²) in [6.45, 7) is 4.27. The molecule has 0 bridgehead atoms. The van der Waals surface area contributed by atoms with Crippen LogP contribution in [0.3, 0.4) is 0 Å². The van der Waals surface area contributed by atoms with Crippen molar-refractivity contribution in [2.24, 2.45) is 11.8 Å². The number of nitrogens with zero attached hydrogens (tertiary/aromatic N) is 2. The molecule has 0 aliphatic carbocycles.